The second-order valence-corrected chi connectivity index (χ2v) is 13.2. The Labute approximate surface area is 330 Å². The van der Waals surface area contributed by atoms with Gasteiger partial charge in [-0.2, -0.15) is 28.1 Å². The number of Topliss-reactive ketones (excluding diaryl/α,β-unsaturated/α-hetero) is 1. The molecule has 302 valence electrons. The molecule has 57 heavy (non-hydrogen) atoms. The van der Waals surface area contributed by atoms with Crippen LogP contribution in [0.4, 0.5) is 30.8 Å². The fourth-order valence-electron chi connectivity index (χ4n) is 5.59. The van der Waals surface area contributed by atoms with Crippen LogP contribution in [0.3, 0.4) is 0 Å². The lowest BCUT2D eigenvalue weighted by Gasteiger charge is -2.19. The van der Waals surface area contributed by atoms with E-state index in [1.165, 1.54) is 38.5 Å². The van der Waals surface area contributed by atoms with Gasteiger partial charge in [-0.15, -0.1) is 0 Å². The van der Waals surface area contributed by atoms with Crippen LogP contribution < -0.4 is 35.5 Å². The van der Waals surface area contributed by atoms with Gasteiger partial charge >= 0.3 is 18.2 Å². The molecule has 0 saturated heterocycles. The van der Waals surface area contributed by atoms with Crippen molar-refractivity contribution >= 4 is 52.8 Å². The van der Waals surface area contributed by atoms with E-state index in [0.717, 1.165) is 12.7 Å². The summed E-state index contributed by atoms with van der Waals surface area (Å²) in [5.41, 5.74) is 1.53. The molecular weight excluding hydrogens is 775 g/mol. The molecule has 0 bridgehead atoms. The van der Waals surface area contributed by atoms with Crippen LogP contribution in [0.5, 0.6) is 17.5 Å². The number of nitrogens with zero attached hydrogens (tertiary/aromatic N) is 3. The molecule has 0 radical (unpaired) electrons. The van der Waals surface area contributed by atoms with Gasteiger partial charge in [0.15, 0.2) is 6.61 Å². The molecule has 1 aromatic heterocycles. The Balaban J connectivity index is 1.18. The minimum Gasteiger partial charge on any atom is -0.497 e. The Kier molecular flexibility index (Phi) is 13.7. The molecule has 0 spiro atoms. The van der Waals surface area contributed by atoms with Gasteiger partial charge in [0, 0.05) is 35.3 Å². The number of anilines is 3. The third kappa shape index (κ3) is 11.9. The Hall–Kier alpha value is -6.17. The summed E-state index contributed by atoms with van der Waals surface area (Å²) in [7, 11) is 4.14. The van der Waals surface area contributed by atoms with E-state index < -0.39 is 53.9 Å². The third-order valence-electron chi connectivity index (χ3n) is 8.76. The van der Waals surface area contributed by atoms with Gasteiger partial charge in [-0.25, -0.2) is 4.79 Å². The zero-order valence-electron chi connectivity index (χ0n) is 31.0. The first-order valence-electron chi connectivity index (χ1n) is 17.5. The maximum atomic E-state index is 13.1. The quantitative estimate of drug-likeness (QED) is 0.0705. The summed E-state index contributed by atoms with van der Waals surface area (Å²) in [6.45, 7) is -1.75. The lowest BCUT2D eigenvalue weighted by Crippen LogP contribution is -2.44. The molecule has 0 unspecified atom stereocenters. The van der Waals surface area contributed by atoms with Gasteiger partial charge < -0.3 is 40.2 Å². The van der Waals surface area contributed by atoms with Crippen LogP contribution in [-0.4, -0.2) is 85.2 Å². The summed E-state index contributed by atoms with van der Waals surface area (Å²) in [6.07, 6.45) is -3.17. The van der Waals surface area contributed by atoms with E-state index in [2.05, 4.69) is 36.2 Å². The number of carbonyl (C=O) groups excluding carboxylic acids is 4. The first-order valence-corrected chi connectivity index (χ1v) is 17.9. The number of benzene rings is 3. The molecule has 1 fully saturated rings. The normalized spacial score (nSPS) is 13.4. The van der Waals surface area contributed by atoms with Crippen molar-refractivity contribution in [1.29, 1.82) is 0 Å². The second kappa shape index (κ2) is 18.6. The summed E-state index contributed by atoms with van der Waals surface area (Å²) in [5.74, 6) is -2.04. The van der Waals surface area contributed by atoms with Crippen LogP contribution in [0.2, 0.25) is 5.02 Å². The zero-order valence-corrected chi connectivity index (χ0v) is 31.8. The van der Waals surface area contributed by atoms with E-state index in [-0.39, 0.29) is 43.3 Å². The molecule has 19 heteroatoms. The number of hydrogen-bond acceptors (Lipinski definition) is 13. The SMILES string of the molecule is COC(=O)[C@H](CCNC(=O)C(=O)CCc1ccc(OC)cc1OC)NC(=O)c1ccc(Nc2nc(NC3(c4ccc(Cl)cc4)CC3)nc(OCC(F)(F)F)n2)cc1. The van der Waals surface area contributed by atoms with Crippen molar-refractivity contribution in [2.45, 2.75) is 49.9 Å². The van der Waals surface area contributed by atoms with Gasteiger partial charge in [0.2, 0.25) is 17.7 Å². The fourth-order valence-corrected chi connectivity index (χ4v) is 5.71. The highest BCUT2D eigenvalue weighted by molar-refractivity contribution is 6.36. The van der Waals surface area contributed by atoms with Crippen molar-refractivity contribution in [2.75, 3.05) is 45.1 Å². The van der Waals surface area contributed by atoms with E-state index in [9.17, 15) is 32.3 Å². The minimum atomic E-state index is -4.64. The predicted molar refractivity (Wildman–Crippen MR) is 201 cm³/mol. The van der Waals surface area contributed by atoms with Crippen LogP contribution >= 0.6 is 11.6 Å². The molecule has 1 aliphatic rings. The number of rotatable bonds is 19. The maximum absolute atomic E-state index is 13.1. The zero-order chi connectivity index (χ0) is 41.2. The highest BCUT2D eigenvalue weighted by Crippen LogP contribution is 2.48. The summed E-state index contributed by atoms with van der Waals surface area (Å²) in [6, 6.07) is 16.3. The van der Waals surface area contributed by atoms with Gasteiger partial charge in [0.1, 0.15) is 17.5 Å². The van der Waals surface area contributed by atoms with Crippen molar-refractivity contribution in [3.05, 3.63) is 88.4 Å². The number of amides is 2. The summed E-state index contributed by atoms with van der Waals surface area (Å²) in [4.78, 5) is 63.0. The van der Waals surface area contributed by atoms with Crippen LogP contribution in [-0.2, 0) is 31.1 Å². The van der Waals surface area contributed by atoms with Crippen molar-refractivity contribution < 1.29 is 51.3 Å². The molecule has 3 aromatic carbocycles. The highest BCUT2D eigenvalue weighted by atomic mass is 35.5. The molecule has 1 saturated carbocycles. The van der Waals surface area contributed by atoms with E-state index in [0.29, 0.717) is 40.6 Å². The minimum absolute atomic E-state index is 0.0308. The molecule has 15 nitrogen and oxygen atoms in total. The topological polar surface area (TPSA) is 192 Å². The Bertz CT molecular complexity index is 2070. The third-order valence-corrected chi connectivity index (χ3v) is 9.01. The molecule has 4 aromatic rings. The monoisotopic (exact) mass is 813 g/mol. The van der Waals surface area contributed by atoms with Crippen LogP contribution in [0.1, 0.15) is 47.2 Å². The average Bonchev–Trinajstić information content (AvgIpc) is 3.98. The predicted octanol–water partition coefficient (Wildman–Crippen LogP) is 5.31. The summed E-state index contributed by atoms with van der Waals surface area (Å²) >= 11 is 6.03. The maximum Gasteiger partial charge on any atom is 0.422 e. The van der Waals surface area contributed by atoms with E-state index in [4.69, 9.17) is 30.5 Å². The van der Waals surface area contributed by atoms with Crippen LogP contribution in [0, 0.1) is 0 Å². The van der Waals surface area contributed by atoms with Gasteiger partial charge in [0.05, 0.1) is 26.9 Å². The smallest absolute Gasteiger partial charge is 0.422 e. The standard InChI is InChI=1S/C38H39ClF3N7O8/c1-54-27-14-6-22(30(20-27)55-2)7-15-29(50)32(52)43-19-16-28(33(53)56-3)45-31(51)23-4-12-26(13-5-23)44-34-46-35(48-36(47-34)57-21-38(40,41)42)49-37(17-18-37)24-8-10-25(39)11-9-24/h4-6,8-14,20,28H,7,15-19,21H2,1-3H3,(H,43,52)(H,45,51)(H2,44,46,47,48,49)/t28-/m0/s1. The first kappa shape index (κ1) is 42.0. The van der Waals surface area contributed by atoms with Crippen LogP contribution in [0.15, 0.2) is 66.7 Å². The number of methoxy groups -OCH3 is 3. The number of ketones is 1. The molecule has 4 N–H and O–H groups in total. The van der Waals surface area contributed by atoms with Gasteiger partial charge in [-0.05, 0) is 79.3 Å². The highest BCUT2D eigenvalue weighted by Gasteiger charge is 2.45. The lowest BCUT2D eigenvalue weighted by atomic mass is 10.1. The summed E-state index contributed by atoms with van der Waals surface area (Å²) in [5, 5.41) is 11.6. The Morgan fingerprint density at radius 2 is 1.60 bits per heavy atom. The van der Waals surface area contributed by atoms with E-state index >= 15 is 0 Å². The van der Waals surface area contributed by atoms with Crippen molar-refractivity contribution in [3.63, 3.8) is 0 Å². The second-order valence-electron chi connectivity index (χ2n) is 12.8. The molecule has 0 aliphatic heterocycles. The van der Waals surface area contributed by atoms with Gasteiger partial charge in [-0.3, -0.25) is 14.4 Å². The average molecular weight is 814 g/mol. The summed E-state index contributed by atoms with van der Waals surface area (Å²) < 4.78 is 59.1. The number of alkyl halides is 3. The molecule has 1 atom stereocenters. The number of ether oxygens (including phenoxy) is 4. The van der Waals surface area contributed by atoms with Crippen molar-refractivity contribution in [2.24, 2.45) is 0 Å². The van der Waals surface area contributed by atoms with Gasteiger partial charge in [-0.1, -0.05) is 29.8 Å². The largest absolute Gasteiger partial charge is 0.497 e. The van der Waals surface area contributed by atoms with E-state index in [1.54, 1.807) is 30.3 Å². The van der Waals surface area contributed by atoms with E-state index in [1.807, 2.05) is 12.1 Å². The number of esters is 1. The van der Waals surface area contributed by atoms with Gasteiger partial charge in [0.25, 0.3) is 11.8 Å². The van der Waals surface area contributed by atoms with Crippen molar-refractivity contribution in [3.8, 4) is 17.5 Å². The Morgan fingerprint density at radius 1 is 0.895 bits per heavy atom. The molecule has 1 heterocycles. The number of aromatic nitrogens is 3. The number of aryl methyl sites for hydroxylation is 1. The molecule has 5 rings (SSSR count). The number of hydrogen-bond donors (Lipinski definition) is 4. The molecule has 2 amide bonds. The lowest BCUT2D eigenvalue weighted by molar-refractivity contribution is -0.154. The number of nitrogens with one attached hydrogen (secondary N) is 4. The van der Waals surface area contributed by atoms with Crippen molar-refractivity contribution in [1.82, 2.24) is 25.6 Å². The van der Waals surface area contributed by atoms with Crippen LogP contribution in [0.25, 0.3) is 0 Å². The fraction of sp³-hybridized carbons (Fsp3) is 0.342. The first-order chi connectivity index (χ1) is 27.2. The molecule has 1 aliphatic carbocycles. The molecular formula is C38H39ClF3N7O8. The Morgan fingerprint density at radius 3 is 2.23 bits per heavy atom. The number of carbonyl (C=O) groups is 4. The number of halogens is 4.